The lowest BCUT2D eigenvalue weighted by molar-refractivity contribution is 0.190. The Morgan fingerprint density at radius 3 is 2.79 bits per heavy atom. The number of rotatable bonds is 5. The Balaban J connectivity index is 2.18. The fraction of sp³-hybridized carbons (Fsp3) is 0.267. The predicted octanol–water partition coefficient (Wildman–Crippen LogP) is 2.72. The van der Waals surface area contributed by atoms with Crippen LogP contribution >= 0.6 is 0 Å². The second-order valence-electron chi connectivity index (χ2n) is 4.23. The zero-order valence-electron chi connectivity index (χ0n) is 11.0. The molecular weight excluding hydrogens is 242 g/mol. The predicted molar refractivity (Wildman–Crippen MR) is 72.2 cm³/mol. The van der Waals surface area contributed by atoms with Gasteiger partial charge in [-0.3, -0.25) is 4.98 Å². The van der Waals surface area contributed by atoms with Gasteiger partial charge in [-0.05, 0) is 25.1 Å². The van der Waals surface area contributed by atoms with Gasteiger partial charge in [0.25, 0.3) is 0 Å². The molecule has 4 heteroatoms. The third-order valence-corrected chi connectivity index (χ3v) is 2.79. The van der Waals surface area contributed by atoms with Gasteiger partial charge in [-0.1, -0.05) is 6.07 Å². The van der Waals surface area contributed by atoms with Crippen LogP contribution in [0.15, 0.2) is 42.7 Å². The molecule has 0 saturated heterocycles. The average Bonchev–Trinajstić information content (AvgIpc) is 2.45. The molecule has 4 nitrogen and oxygen atoms in total. The summed E-state index contributed by atoms with van der Waals surface area (Å²) in [7, 11) is 1.60. The van der Waals surface area contributed by atoms with Gasteiger partial charge in [0, 0.05) is 29.6 Å². The average molecular weight is 259 g/mol. The number of benzene rings is 1. The van der Waals surface area contributed by atoms with Crippen molar-refractivity contribution in [2.45, 2.75) is 19.6 Å². The van der Waals surface area contributed by atoms with E-state index >= 15 is 0 Å². The molecule has 1 heterocycles. The lowest BCUT2D eigenvalue weighted by Gasteiger charge is -2.14. The smallest absolute Gasteiger partial charge is 0.129 e. The van der Waals surface area contributed by atoms with Gasteiger partial charge in [-0.25, -0.2) is 0 Å². The first kappa shape index (κ1) is 13.4. The molecule has 1 atom stereocenters. The largest absolute Gasteiger partial charge is 0.497 e. The van der Waals surface area contributed by atoms with Gasteiger partial charge in [-0.15, -0.1) is 0 Å². The maximum absolute atomic E-state index is 9.73. The first-order valence-corrected chi connectivity index (χ1v) is 6.08. The van der Waals surface area contributed by atoms with Gasteiger partial charge in [-0.2, -0.15) is 0 Å². The first-order chi connectivity index (χ1) is 9.20. The van der Waals surface area contributed by atoms with Crippen LogP contribution in [0.2, 0.25) is 0 Å². The van der Waals surface area contributed by atoms with Gasteiger partial charge >= 0.3 is 0 Å². The molecule has 0 radical (unpaired) electrons. The van der Waals surface area contributed by atoms with Crippen LogP contribution in [0, 0.1) is 0 Å². The van der Waals surface area contributed by atoms with Gasteiger partial charge < -0.3 is 14.6 Å². The normalized spacial score (nSPS) is 11.9. The SMILES string of the molecule is COc1ccc(C(C)O)c(OCc2cccnc2)c1. The summed E-state index contributed by atoms with van der Waals surface area (Å²) in [5, 5.41) is 9.73. The zero-order valence-corrected chi connectivity index (χ0v) is 11.0. The van der Waals surface area contributed by atoms with E-state index in [1.165, 1.54) is 0 Å². The summed E-state index contributed by atoms with van der Waals surface area (Å²) in [6.45, 7) is 2.11. The van der Waals surface area contributed by atoms with Gasteiger partial charge in [0.05, 0.1) is 13.2 Å². The first-order valence-electron chi connectivity index (χ1n) is 6.08. The molecule has 0 saturated carbocycles. The van der Waals surface area contributed by atoms with Crippen LogP contribution in [0.4, 0.5) is 0 Å². The minimum absolute atomic E-state index is 0.403. The molecule has 1 aromatic carbocycles. The Hall–Kier alpha value is -2.07. The second kappa shape index (κ2) is 6.20. The number of pyridine rings is 1. The van der Waals surface area contributed by atoms with E-state index in [-0.39, 0.29) is 0 Å². The highest BCUT2D eigenvalue weighted by atomic mass is 16.5. The van der Waals surface area contributed by atoms with E-state index in [0.29, 0.717) is 18.1 Å². The van der Waals surface area contributed by atoms with Crippen molar-refractivity contribution in [3.8, 4) is 11.5 Å². The molecule has 19 heavy (non-hydrogen) atoms. The van der Waals surface area contributed by atoms with Crippen LogP contribution < -0.4 is 9.47 Å². The molecule has 1 unspecified atom stereocenters. The number of methoxy groups -OCH3 is 1. The minimum Gasteiger partial charge on any atom is -0.497 e. The number of aliphatic hydroxyl groups is 1. The molecule has 1 aromatic heterocycles. The molecule has 100 valence electrons. The third kappa shape index (κ3) is 3.45. The molecule has 0 spiro atoms. The van der Waals surface area contributed by atoms with Crippen LogP contribution in [0.3, 0.4) is 0 Å². The Morgan fingerprint density at radius 2 is 2.16 bits per heavy atom. The van der Waals surface area contributed by atoms with Crippen molar-refractivity contribution in [2.75, 3.05) is 7.11 Å². The van der Waals surface area contributed by atoms with Crippen molar-refractivity contribution in [3.63, 3.8) is 0 Å². The maximum atomic E-state index is 9.73. The summed E-state index contributed by atoms with van der Waals surface area (Å²) in [6.07, 6.45) is 2.88. The Kier molecular flexibility index (Phi) is 4.36. The molecular formula is C15H17NO3. The van der Waals surface area contributed by atoms with Crippen LogP contribution in [-0.4, -0.2) is 17.2 Å². The fourth-order valence-electron chi connectivity index (χ4n) is 1.76. The molecule has 1 N–H and O–H groups in total. The summed E-state index contributed by atoms with van der Waals surface area (Å²) in [5.41, 5.74) is 1.71. The highest BCUT2D eigenvalue weighted by molar-refractivity contribution is 5.41. The summed E-state index contributed by atoms with van der Waals surface area (Å²) < 4.78 is 10.9. The number of aliphatic hydroxyl groups excluding tert-OH is 1. The zero-order chi connectivity index (χ0) is 13.7. The number of ether oxygens (including phenoxy) is 2. The number of aromatic nitrogens is 1. The minimum atomic E-state index is -0.588. The lowest BCUT2D eigenvalue weighted by atomic mass is 10.1. The van der Waals surface area contributed by atoms with E-state index in [4.69, 9.17) is 9.47 Å². The van der Waals surface area contributed by atoms with Crippen molar-refractivity contribution < 1.29 is 14.6 Å². The van der Waals surface area contributed by atoms with Crippen LogP contribution in [-0.2, 0) is 6.61 Å². The van der Waals surface area contributed by atoms with Gasteiger partial charge in [0.1, 0.15) is 18.1 Å². The summed E-state index contributed by atoms with van der Waals surface area (Å²) in [6, 6.07) is 9.19. The number of nitrogens with zero attached hydrogens (tertiary/aromatic N) is 1. The number of hydrogen-bond acceptors (Lipinski definition) is 4. The molecule has 0 fully saturated rings. The van der Waals surface area contributed by atoms with E-state index in [2.05, 4.69) is 4.98 Å². The lowest BCUT2D eigenvalue weighted by Crippen LogP contribution is -2.01. The second-order valence-corrected chi connectivity index (χ2v) is 4.23. The Labute approximate surface area is 112 Å². The highest BCUT2D eigenvalue weighted by Crippen LogP contribution is 2.30. The number of hydrogen-bond donors (Lipinski definition) is 1. The summed E-state index contributed by atoms with van der Waals surface area (Å²) >= 11 is 0. The monoisotopic (exact) mass is 259 g/mol. The highest BCUT2D eigenvalue weighted by Gasteiger charge is 2.10. The summed E-state index contributed by atoms with van der Waals surface area (Å²) in [4.78, 5) is 4.03. The van der Waals surface area contributed by atoms with Crippen molar-refractivity contribution in [2.24, 2.45) is 0 Å². The van der Waals surface area contributed by atoms with E-state index in [0.717, 1.165) is 11.1 Å². The van der Waals surface area contributed by atoms with Gasteiger partial charge in [0.2, 0.25) is 0 Å². The van der Waals surface area contributed by atoms with Crippen LogP contribution in [0.1, 0.15) is 24.2 Å². The molecule has 2 aromatic rings. The van der Waals surface area contributed by atoms with Crippen molar-refractivity contribution in [3.05, 3.63) is 53.9 Å². The summed E-state index contributed by atoms with van der Waals surface area (Å²) in [5.74, 6) is 1.32. The van der Waals surface area contributed by atoms with Crippen molar-refractivity contribution >= 4 is 0 Å². The molecule has 0 aliphatic heterocycles. The molecule has 0 aliphatic carbocycles. The molecule has 0 amide bonds. The maximum Gasteiger partial charge on any atom is 0.129 e. The van der Waals surface area contributed by atoms with Gasteiger partial charge in [0.15, 0.2) is 0 Å². The van der Waals surface area contributed by atoms with Crippen molar-refractivity contribution in [1.82, 2.24) is 4.98 Å². The fourth-order valence-corrected chi connectivity index (χ4v) is 1.76. The molecule has 2 rings (SSSR count). The van der Waals surface area contributed by atoms with Crippen molar-refractivity contribution in [1.29, 1.82) is 0 Å². The van der Waals surface area contributed by atoms with Crippen LogP contribution in [0.25, 0.3) is 0 Å². The van der Waals surface area contributed by atoms with E-state index < -0.39 is 6.10 Å². The standard InChI is InChI=1S/C15H17NO3/c1-11(17)14-6-5-13(18-2)8-15(14)19-10-12-4-3-7-16-9-12/h3-9,11,17H,10H2,1-2H3. The van der Waals surface area contributed by atoms with E-state index in [9.17, 15) is 5.11 Å². The third-order valence-electron chi connectivity index (χ3n) is 2.79. The molecule has 0 bridgehead atoms. The molecule has 0 aliphatic rings. The van der Waals surface area contributed by atoms with E-state index in [1.807, 2.05) is 18.2 Å². The van der Waals surface area contributed by atoms with Crippen LogP contribution in [0.5, 0.6) is 11.5 Å². The Bertz CT molecular complexity index is 526. The topological polar surface area (TPSA) is 51.6 Å². The van der Waals surface area contributed by atoms with E-state index in [1.54, 1.807) is 38.6 Å². The quantitative estimate of drug-likeness (QED) is 0.897. The Morgan fingerprint density at radius 1 is 1.32 bits per heavy atom.